The van der Waals surface area contributed by atoms with Crippen molar-refractivity contribution in [2.45, 2.75) is 31.7 Å². The molecule has 3 rings (SSSR count). The van der Waals surface area contributed by atoms with Crippen LogP contribution in [-0.4, -0.2) is 40.7 Å². The minimum atomic E-state index is -0.930. The van der Waals surface area contributed by atoms with Crippen LogP contribution in [0.3, 0.4) is 0 Å². The maximum absolute atomic E-state index is 12.6. The van der Waals surface area contributed by atoms with Gasteiger partial charge in [-0.05, 0) is 25.3 Å². The maximum Gasteiger partial charge on any atom is 0.305 e. The van der Waals surface area contributed by atoms with Crippen LogP contribution in [0.15, 0.2) is 29.6 Å². The molecule has 0 radical (unpaired) electrons. The van der Waals surface area contributed by atoms with E-state index >= 15 is 0 Å². The summed E-state index contributed by atoms with van der Waals surface area (Å²) in [6.45, 7) is 2.89. The molecule has 2 heterocycles. The number of carbonyl (C=O) groups excluding carboxylic acids is 1. The molecule has 132 valence electrons. The number of nitrogens with one attached hydrogen (secondary N) is 1. The molecule has 2 aromatic rings. The number of carboxylic acid groups (broad SMARTS) is 1. The normalized spacial score (nSPS) is 16.4. The second kappa shape index (κ2) is 7.33. The number of hydrogen-bond acceptors (Lipinski definition) is 5. The second-order valence-corrected chi connectivity index (χ2v) is 7.13. The van der Waals surface area contributed by atoms with Crippen LogP contribution in [0.5, 0.6) is 0 Å². The van der Waals surface area contributed by atoms with E-state index in [0.717, 1.165) is 16.1 Å². The number of carbonyl (C=O) groups is 2. The summed E-state index contributed by atoms with van der Waals surface area (Å²) in [7, 11) is 0. The standard InChI is InChI=1S/C18H20N2O4S/c1-12-4-2-3-5-13(12)17-19-14(11-25-17)16(23)20-18(10-15(21)22)6-8-24-9-7-18/h2-5,11H,6-10H2,1H3,(H,20,23)(H,21,22). The van der Waals surface area contributed by atoms with Crippen LogP contribution in [0.4, 0.5) is 0 Å². The van der Waals surface area contributed by atoms with Gasteiger partial charge in [0, 0.05) is 24.2 Å². The van der Waals surface area contributed by atoms with Crippen molar-refractivity contribution in [2.75, 3.05) is 13.2 Å². The topological polar surface area (TPSA) is 88.5 Å². The first-order valence-electron chi connectivity index (χ1n) is 8.13. The average molecular weight is 360 g/mol. The Morgan fingerprint density at radius 3 is 2.72 bits per heavy atom. The van der Waals surface area contributed by atoms with Gasteiger partial charge in [0.25, 0.3) is 5.91 Å². The molecule has 2 N–H and O–H groups in total. The lowest BCUT2D eigenvalue weighted by molar-refractivity contribution is -0.139. The molecule has 25 heavy (non-hydrogen) atoms. The third kappa shape index (κ3) is 4.05. The van der Waals surface area contributed by atoms with E-state index in [1.807, 2.05) is 31.2 Å². The van der Waals surface area contributed by atoms with Gasteiger partial charge in [0.15, 0.2) is 0 Å². The molecule has 6 nitrogen and oxygen atoms in total. The molecule has 1 saturated heterocycles. The van der Waals surface area contributed by atoms with Gasteiger partial charge in [0.2, 0.25) is 0 Å². The maximum atomic E-state index is 12.6. The number of thiazole rings is 1. The van der Waals surface area contributed by atoms with E-state index in [9.17, 15) is 14.7 Å². The number of carboxylic acids is 1. The lowest BCUT2D eigenvalue weighted by Gasteiger charge is -2.36. The van der Waals surface area contributed by atoms with Gasteiger partial charge in [0.05, 0.1) is 12.0 Å². The minimum absolute atomic E-state index is 0.114. The van der Waals surface area contributed by atoms with Crippen molar-refractivity contribution in [1.29, 1.82) is 0 Å². The Kier molecular flexibility index (Phi) is 5.15. The molecule has 0 spiro atoms. The first-order chi connectivity index (χ1) is 12.0. The number of aliphatic carboxylic acids is 1. The zero-order valence-corrected chi connectivity index (χ0v) is 14.8. The highest BCUT2D eigenvalue weighted by Gasteiger charge is 2.37. The van der Waals surface area contributed by atoms with Crippen molar-refractivity contribution in [2.24, 2.45) is 0 Å². The van der Waals surface area contributed by atoms with Crippen LogP contribution < -0.4 is 5.32 Å². The van der Waals surface area contributed by atoms with Gasteiger partial charge in [-0.2, -0.15) is 0 Å². The van der Waals surface area contributed by atoms with E-state index in [0.29, 0.717) is 31.7 Å². The van der Waals surface area contributed by atoms with E-state index in [-0.39, 0.29) is 12.3 Å². The van der Waals surface area contributed by atoms with Gasteiger partial charge in [-0.3, -0.25) is 9.59 Å². The lowest BCUT2D eigenvalue weighted by atomic mass is 9.86. The van der Waals surface area contributed by atoms with Gasteiger partial charge < -0.3 is 15.2 Å². The summed E-state index contributed by atoms with van der Waals surface area (Å²) in [6, 6.07) is 7.87. The summed E-state index contributed by atoms with van der Waals surface area (Å²) in [5, 5.41) is 14.6. The molecule has 1 amide bonds. The number of aryl methyl sites for hydroxylation is 1. The van der Waals surface area contributed by atoms with Crippen LogP contribution in [-0.2, 0) is 9.53 Å². The van der Waals surface area contributed by atoms with E-state index < -0.39 is 11.5 Å². The minimum Gasteiger partial charge on any atom is -0.481 e. The van der Waals surface area contributed by atoms with Gasteiger partial charge in [0.1, 0.15) is 10.7 Å². The second-order valence-electron chi connectivity index (χ2n) is 6.27. The van der Waals surface area contributed by atoms with E-state index in [1.165, 1.54) is 11.3 Å². The van der Waals surface area contributed by atoms with E-state index in [2.05, 4.69) is 10.3 Å². The number of nitrogens with zero attached hydrogens (tertiary/aromatic N) is 1. The number of amides is 1. The predicted molar refractivity (Wildman–Crippen MR) is 94.8 cm³/mol. The Bertz CT molecular complexity index is 781. The molecule has 0 atom stereocenters. The van der Waals surface area contributed by atoms with Crippen molar-refractivity contribution < 1.29 is 19.4 Å². The van der Waals surface area contributed by atoms with Crippen LogP contribution in [0.1, 0.15) is 35.3 Å². The zero-order chi connectivity index (χ0) is 17.9. The van der Waals surface area contributed by atoms with Crippen molar-refractivity contribution in [3.8, 4) is 10.6 Å². The van der Waals surface area contributed by atoms with Crippen LogP contribution in [0.25, 0.3) is 10.6 Å². The molecular formula is C18H20N2O4S. The number of ether oxygens (including phenoxy) is 1. The highest BCUT2D eigenvalue weighted by molar-refractivity contribution is 7.13. The first-order valence-corrected chi connectivity index (χ1v) is 9.01. The monoisotopic (exact) mass is 360 g/mol. The van der Waals surface area contributed by atoms with Gasteiger partial charge in [-0.15, -0.1) is 11.3 Å². The summed E-state index contributed by atoms with van der Waals surface area (Å²) in [5.41, 5.74) is 1.64. The summed E-state index contributed by atoms with van der Waals surface area (Å²) in [4.78, 5) is 28.3. The Labute approximate surface area is 149 Å². The predicted octanol–water partition coefficient (Wildman–Crippen LogP) is 2.87. The summed E-state index contributed by atoms with van der Waals surface area (Å²) < 4.78 is 5.31. The molecular weight excluding hydrogens is 340 g/mol. The molecule has 1 aromatic carbocycles. The third-order valence-corrected chi connectivity index (χ3v) is 5.31. The van der Waals surface area contributed by atoms with Crippen LogP contribution in [0, 0.1) is 6.92 Å². The Morgan fingerprint density at radius 2 is 2.04 bits per heavy atom. The largest absolute Gasteiger partial charge is 0.481 e. The summed E-state index contributed by atoms with van der Waals surface area (Å²) >= 11 is 1.41. The molecule has 7 heteroatoms. The van der Waals surface area contributed by atoms with Crippen molar-refractivity contribution in [1.82, 2.24) is 10.3 Å². The van der Waals surface area contributed by atoms with Gasteiger partial charge >= 0.3 is 5.97 Å². The molecule has 0 saturated carbocycles. The highest BCUT2D eigenvalue weighted by atomic mass is 32.1. The number of benzene rings is 1. The molecule has 0 unspecified atom stereocenters. The van der Waals surface area contributed by atoms with Crippen LogP contribution >= 0.6 is 11.3 Å². The fourth-order valence-electron chi connectivity index (χ4n) is 3.02. The van der Waals surface area contributed by atoms with E-state index in [4.69, 9.17) is 4.74 Å². The average Bonchev–Trinajstić information content (AvgIpc) is 3.05. The summed E-state index contributed by atoms with van der Waals surface area (Å²) in [6.07, 6.45) is 0.858. The molecule has 1 aromatic heterocycles. The van der Waals surface area contributed by atoms with E-state index in [1.54, 1.807) is 5.38 Å². The summed E-state index contributed by atoms with van der Waals surface area (Å²) in [5.74, 6) is -1.26. The van der Waals surface area contributed by atoms with Crippen molar-refractivity contribution in [3.05, 3.63) is 40.9 Å². The van der Waals surface area contributed by atoms with Crippen molar-refractivity contribution >= 4 is 23.2 Å². The van der Waals surface area contributed by atoms with Crippen LogP contribution in [0.2, 0.25) is 0 Å². The third-order valence-electron chi connectivity index (χ3n) is 4.43. The first kappa shape index (κ1) is 17.6. The number of aromatic nitrogens is 1. The zero-order valence-electron chi connectivity index (χ0n) is 13.9. The Morgan fingerprint density at radius 1 is 1.32 bits per heavy atom. The number of hydrogen-bond donors (Lipinski definition) is 2. The van der Waals surface area contributed by atoms with Gasteiger partial charge in [-0.25, -0.2) is 4.98 Å². The fourth-order valence-corrected chi connectivity index (χ4v) is 3.91. The SMILES string of the molecule is Cc1ccccc1-c1nc(C(=O)NC2(CC(=O)O)CCOCC2)cs1. The fraction of sp³-hybridized carbons (Fsp3) is 0.389. The van der Waals surface area contributed by atoms with Gasteiger partial charge in [-0.1, -0.05) is 24.3 Å². The molecule has 0 aliphatic carbocycles. The number of rotatable bonds is 5. The Hall–Kier alpha value is -2.25. The Balaban J connectivity index is 1.79. The molecule has 0 bridgehead atoms. The smallest absolute Gasteiger partial charge is 0.305 e. The molecule has 1 fully saturated rings. The van der Waals surface area contributed by atoms with Crippen molar-refractivity contribution in [3.63, 3.8) is 0 Å². The lowest BCUT2D eigenvalue weighted by Crippen LogP contribution is -2.53. The molecule has 1 aliphatic rings. The molecule has 1 aliphatic heterocycles. The quantitative estimate of drug-likeness (QED) is 0.856. The highest BCUT2D eigenvalue weighted by Crippen LogP contribution is 2.28.